The van der Waals surface area contributed by atoms with Gasteiger partial charge in [-0.15, -0.1) is 0 Å². The van der Waals surface area contributed by atoms with Gasteiger partial charge in [0.25, 0.3) is 0 Å². The first-order valence-corrected chi connectivity index (χ1v) is 17.2. The van der Waals surface area contributed by atoms with E-state index in [4.69, 9.17) is 33.9 Å². The summed E-state index contributed by atoms with van der Waals surface area (Å²) in [5, 5.41) is 6.20. The molecule has 0 saturated carbocycles. The predicted octanol–water partition coefficient (Wildman–Crippen LogP) is 2.03. The number of sulfone groups is 2. The van der Waals surface area contributed by atoms with Crippen LogP contribution < -0.4 is 20.1 Å². The summed E-state index contributed by atoms with van der Waals surface area (Å²) in [4.78, 5) is 0. The molecule has 2 heterocycles. The van der Waals surface area contributed by atoms with Gasteiger partial charge in [0.05, 0.1) is 36.2 Å². The largest absolute Gasteiger partial charge is 0.489 e. The molecule has 0 radical (unpaired) electrons. The molecule has 2 atom stereocenters. The van der Waals surface area contributed by atoms with Gasteiger partial charge in [0.2, 0.25) is 0 Å². The predicted molar refractivity (Wildman–Crippen MR) is 148 cm³/mol. The summed E-state index contributed by atoms with van der Waals surface area (Å²) >= 11 is 13.4. The van der Waals surface area contributed by atoms with Crippen molar-refractivity contribution in [1.29, 1.82) is 0 Å². The maximum Gasteiger partial charge on any atom is 0.161 e. The topological polar surface area (TPSA) is 111 Å². The number of hydrogen-bond acceptors (Lipinski definition) is 10. The molecular formula is C20H28N2O6S6. The van der Waals surface area contributed by atoms with Crippen LogP contribution in [0.3, 0.4) is 0 Å². The molecule has 0 spiro atoms. The third-order valence-electron chi connectivity index (χ3n) is 5.11. The minimum absolute atomic E-state index is 0.104. The molecule has 34 heavy (non-hydrogen) atoms. The quantitative estimate of drug-likeness (QED) is 0.310. The normalized spacial score (nSPS) is 22.7. The van der Waals surface area contributed by atoms with Gasteiger partial charge in [-0.05, 0) is 25.0 Å². The Hall–Kier alpha value is -0.800. The minimum Gasteiger partial charge on any atom is -0.489 e. The van der Waals surface area contributed by atoms with E-state index < -0.39 is 19.7 Å². The highest BCUT2D eigenvalue weighted by Crippen LogP contribution is 2.27. The summed E-state index contributed by atoms with van der Waals surface area (Å²) < 4.78 is 59.0. The zero-order valence-electron chi connectivity index (χ0n) is 18.4. The molecule has 190 valence electrons. The summed E-state index contributed by atoms with van der Waals surface area (Å²) in [5.74, 6) is 3.19. The third kappa shape index (κ3) is 9.69. The Balaban J connectivity index is 1.31. The van der Waals surface area contributed by atoms with Crippen LogP contribution in [0.1, 0.15) is 12.8 Å². The van der Waals surface area contributed by atoms with E-state index in [9.17, 15) is 16.8 Å². The van der Waals surface area contributed by atoms with Gasteiger partial charge >= 0.3 is 0 Å². The van der Waals surface area contributed by atoms with Crippen LogP contribution in [0.4, 0.5) is 0 Å². The number of ether oxygens (including phenoxy) is 2. The van der Waals surface area contributed by atoms with Crippen molar-refractivity contribution in [2.24, 2.45) is 0 Å². The molecule has 1 aromatic rings. The highest BCUT2D eigenvalue weighted by molar-refractivity contribution is 8.23. The first-order valence-electron chi connectivity index (χ1n) is 10.7. The summed E-state index contributed by atoms with van der Waals surface area (Å²) in [7, 11) is -5.87. The van der Waals surface area contributed by atoms with E-state index in [1.807, 2.05) is 24.3 Å². The minimum atomic E-state index is -2.94. The second-order valence-electron chi connectivity index (χ2n) is 7.90. The second-order valence-corrected chi connectivity index (χ2v) is 15.9. The first kappa shape index (κ1) is 27.8. The van der Waals surface area contributed by atoms with Crippen molar-refractivity contribution in [3.8, 4) is 11.5 Å². The van der Waals surface area contributed by atoms with Crippen LogP contribution in [0.25, 0.3) is 0 Å². The van der Waals surface area contributed by atoms with E-state index in [0.717, 1.165) is 0 Å². The van der Waals surface area contributed by atoms with Crippen molar-refractivity contribution >= 4 is 76.3 Å². The molecule has 14 heteroatoms. The SMILES string of the molecule is O=S1(=O)CCC(NC(=S)SCCOc2ccccc2OCCSC(=S)NC2CCS(=O)(=O)C2)C1. The van der Waals surface area contributed by atoms with Crippen LogP contribution in [0.15, 0.2) is 24.3 Å². The Kier molecular flexibility index (Phi) is 10.6. The van der Waals surface area contributed by atoms with Gasteiger partial charge in [0, 0.05) is 23.6 Å². The van der Waals surface area contributed by atoms with Crippen molar-refractivity contribution in [3.05, 3.63) is 24.3 Å². The molecule has 2 unspecified atom stereocenters. The number of para-hydroxylation sites is 2. The van der Waals surface area contributed by atoms with Gasteiger partial charge in [-0.1, -0.05) is 60.1 Å². The molecule has 2 aliphatic rings. The van der Waals surface area contributed by atoms with E-state index in [2.05, 4.69) is 10.6 Å². The fourth-order valence-electron chi connectivity index (χ4n) is 3.49. The monoisotopic (exact) mass is 584 g/mol. The molecule has 8 nitrogen and oxygen atoms in total. The van der Waals surface area contributed by atoms with Gasteiger partial charge in [-0.2, -0.15) is 0 Å². The smallest absolute Gasteiger partial charge is 0.161 e. The van der Waals surface area contributed by atoms with E-state index in [1.54, 1.807) is 0 Å². The molecule has 0 aliphatic carbocycles. The molecule has 2 aliphatic heterocycles. The van der Waals surface area contributed by atoms with Crippen molar-refractivity contribution < 1.29 is 26.3 Å². The zero-order chi connectivity index (χ0) is 24.6. The van der Waals surface area contributed by atoms with Crippen LogP contribution in [-0.4, -0.2) is 85.3 Å². The Bertz CT molecular complexity index is 994. The lowest BCUT2D eigenvalue weighted by Gasteiger charge is -2.15. The summed E-state index contributed by atoms with van der Waals surface area (Å²) in [6.07, 6.45) is 1.18. The maximum absolute atomic E-state index is 11.5. The molecule has 0 amide bonds. The molecule has 0 aromatic heterocycles. The first-order chi connectivity index (χ1) is 16.1. The van der Waals surface area contributed by atoms with Crippen molar-refractivity contribution in [3.63, 3.8) is 0 Å². The van der Waals surface area contributed by atoms with Gasteiger partial charge in [0.1, 0.15) is 8.64 Å². The number of nitrogens with one attached hydrogen (secondary N) is 2. The number of thiocarbonyl (C=S) groups is 2. The Labute approximate surface area is 220 Å². The van der Waals surface area contributed by atoms with Crippen LogP contribution >= 0.6 is 48.0 Å². The number of thioether (sulfide) groups is 2. The van der Waals surface area contributed by atoms with Crippen LogP contribution in [0.2, 0.25) is 0 Å². The van der Waals surface area contributed by atoms with Gasteiger partial charge in [-0.25, -0.2) is 16.8 Å². The lowest BCUT2D eigenvalue weighted by molar-refractivity contribution is 0.291. The van der Waals surface area contributed by atoms with Crippen molar-refractivity contribution in [2.45, 2.75) is 24.9 Å². The Morgan fingerprint density at radius 2 is 1.24 bits per heavy atom. The molecular weight excluding hydrogens is 557 g/mol. The fraction of sp³-hybridized carbons (Fsp3) is 0.600. The molecule has 1 aromatic carbocycles. The average Bonchev–Trinajstić information content (AvgIpc) is 3.29. The highest BCUT2D eigenvalue weighted by Gasteiger charge is 2.29. The van der Waals surface area contributed by atoms with Gasteiger partial charge in [-0.3, -0.25) is 0 Å². The maximum atomic E-state index is 11.5. The van der Waals surface area contributed by atoms with Crippen LogP contribution in [0, 0.1) is 0 Å². The molecule has 2 N–H and O–H groups in total. The standard InChI is InChI=1S/C20H28N2O6S6/c23-33(24)11-5-15(13-33)21-19(29)31-9-7-27-17-3-1-2-4-18(17)28-8-10-32-20(30)22-16-6-12-34(25,26)14-16/h1-4,15-16H,5-14H2,(H,21,29)(H,22,30). The van der Waals surface area contributed by atoms with Crippen molar-refractivity contribution in [2.75, 3.05) is 47.7 Å². The Morgan fingerprint density at radius 1 is 0.824 bits per heavy atom. The number of rotatable bonds is 10. The molecule has 2 saturated heterocycles. The number of benzene rings is 1. The second kappa shape index (κ2) is 12.9. The van der Waals surface area contributed by atoms with Gasteiger partial charge in [0.15, 0.2) is 31.2 Å². The zero-order valence-corrected chi connectivity index (χ0v) is 23.3. The van der Waals surface area contributed by atoms with Crippen LogP contribution in [0.5, 0.6) is 11.5 Å². The Morgan fingerprint density at radius 3 is 1.59 bits per heavy atom. The van der Waals surface area contributed by atoms with E-state index in [-0.39, 0.29) is 35.1 Å². The van der Waals surface area contributed by atoms with Crippen LogP contribution in [-0.2, 0) is 19.7 Å². The summed E-state index contributed by atoms with van der Waals surface area (Å²) in [6, 6.07) is 7.19. The average molecular weight is 585 g/mol. The van der Waals surface area contributed by atoms with E-state index in [0.29, 0.717) is 57.7 Å². The summed E-state index contributed by atoms with van der Waals surface area (Å²) in [5.41, 5.74) is 0. The lowest BCUT2D eigenvalue weighted by atomic mass is 10.3. The molecule has 2 fully saturated rings. The lowest BCUT2D eigenvalue weighted by Crippen LogP contribution is -2.33. The third-order valence-corrected chi connectivity index (χ3v) is 11.1. The van der Waals surface area contributed by atoms with E-state index >= 15 is 0 Å². The fourth-order valence-corrected chi connectivity index (χ4v) is 8.88. The summed E-state index contributed by atoms with van der Waals surface area (Å²) in [6.45, 7) is 0.839. The highest BCUT2D eigenvalue weighted by atomic mass is 32.2. The van der Waals surface area contributed by atoms with Gasteiger partial charge < -0.3 is 20.1 Å². The number of hydrogen-bond donors (Lipinski definition) is 2. The molecule has 0 bridgehead atoms. The molecule has 3 rings (SSSR count). The van der Waals surface area contributed by atoms with Crippen molar-refractivity contribution in [1.82, 2.24) is 10.6 Å². The van der Waals surface area contributed by atoms with E-state index in [1.165, 1.54) is 23.5 Å².